The molecule has 2 heterocycles. The number of aryl methyl sites for hydroxylation is 1. The van der Waals surface area contributed by atoms with E-state index >= 15 is 0 Å². The van der Waals surface area contributed by atoms with E-state index < -0.39 is 12.0 Å². The van der Waals surface area contributed by atoms with Crippen LogP contribution in [0.5, 0.6) is 5.75 Å². The van der Waals surface area contributed by atoms with E-state index in [4.69, 9.17) is 11.6 Å². The van der Waals surface area contributed by atoms with E-state index in [1.54, 1.807) is 46.1 Å². The standard InChI is InChI=1S/C29H31ClF3N3O3/c1-17-10-20(31)7-8-23(17)24-14-26(36-9-5-6-21(36)16-37)34-15-25(24)35(4)27(38)29(2,3)18-11-19(30)13-22(12-18)39-28(32)33/h7-8,10-15,21,28,37H,5-6,9,16H2,1-4H3. The maximum absolute atomic E-state index is 14.0. The lowest BCUT2D eigenvalue weighted by Crippen LogP contribution is -2.42. The number of rotatable bonds is 8. The first-order valence-corrected chi connectivity index (χ1v) is 13.0. The second-order valence-electron chi connectivity index (χ2n) is 10.2. The van der Waals surface area contributed by atoms with Gasteiger partial charge in [-0.25, -0.2) is 9.37 Å². The number of anilines is 2. The molecule has 6 nitrogen and oxygen atoms in total. The number of aliphatic hydroxyl groups is 1. The zero-order valence-corrected chi connectivity index (χ0v) is 23.0. The van der Waals surface area contributed by atoms with Gasteiger partial charge in [-0.15, -0.1) is 0 Å². The van der Waals surface area contributed by atoms with Gasteiger partial charge in [0.05, 0.1) is 29.9 Å². The molecule has 0 spiro atoms. The molecule has 1 fully saturated rings. The van der Waals surface area contributed by atoms with Gasteiger partial charge in [0.2, 0.25) is 5.91 Å². The summed E-state index contributed by atoms with van der Waals surface area (Å²) in [7, 11) is 1.61. The Bertz CT molecular complexity index is 1370. The van der Waals surface area contributed by atoms with Gasteiger partial charge in [-0.1, -0.05) is 17.7 Å². The first-order valence-electron chi connectivity index (χ1n) is 12.6. The number of carbonyl (C=O) groups excluding carboxylic acids is 1. The Morgan fingerprint density at radius 1 is 1.23 bits per heavy atom. The third-order valence-electron chi connectivity index (χ3n) is 7.25. The summed E-state index contributed by atoms with van der Waals surface area (Å²) in [6.45, 7) is 2.83. The van der Waals surface area contributed by atoms with Crippen molar-refractivity contribution in [2.24, 2.45) is 0 Å². The number of ether oxygens (including phenoxy) is 1. The van der Waals surface area contributed by atoms with Crippen LogP contribution in [0.15, 0.2) is 48.7 Å². The van der Waals surface area contributed by atoms with Gasteiger partial charge < -0.3 is 19.6 Å². The number of pyridine rings is 1. The van der Waals surface area contributed by atoms with E-state index in [0.717, 1.165) is 24.9 Å². The van der Waals surface area contributed by atoms with Gasteiger partial charge in [0, 0.05) is 24.2 Å². The van der Waals surface area contributed by atoms with Crippen LogP contribution in [0.4, 0.5) is 24.7 Å². The zero-order chi connectivity index (χ0) is 28.5. The predicted molar refractivity (Wildman–Crippen MR) is 146 cm³/mol. The summed E-state index contributed by atoms with van der Waals surface area (Å²) in [6.07, 6.45) is 3.36. The molecule has 1 atom stereocenters. The van der Waals surface area contributed by atoms with Crippen LogP contribution in [0.1, 0.15) is 37.8 Å². The lowest BCUT2D eigenvalue weighted by Gasteiger charge is -2.32. The highest BCUT2D eigenvalue weighted by atomic mass is 35.5. The SMILES string of the molecule is Cc1cc(F)ccc1-c1cc(N2CCCC2CO)ncc1N(C)C(=O)C(C)(C)c1cc(Cl)cc(OC(F)F)c1. The van der Waals surface area contributed by atoms with Gasteiger partial charge in [-0.3, -0.25) is 4.79 Å². The van der Waals surface area contributed by atoms with Crippen molar-refractivity contribution in [2.75, 3.05) is 30.0 Å². The molecule has 1 unspecified atom stereocenters. The van der Waals surface area contributed by atoms with E-state index in [-0.39, 0.29) is 35.1 Å². The number of hydrogen-bond acceptors (Lipinski definition) is 5. The average molecular weight is 562 g/mol. The fourth-order valence-corrected chi connectivity index (χ4v) is 5.31. The Balaban J connectivity index is 1.78. The van der Waals surface area contributed by atoms with Gasteiger partial charge in [0.1, 0.15) is 17.4 Å². The monoisotopic (exact) mass is 561 g/mol. The molecule has 39 heavy (non-hydrogen) atoms. The summed E-state index contributed by atoms with van der Waals surface area (Å²) in [6, 6.07) is 10.4. The minimum Gasteiger partial charge on any atom is -0.435 e. The molecular formula is C29H31ClF3N3O3. The van der Waals surface area contributed by atoms with Crippen LogP contribution >= 0.6 is 11.6 Å². The van der Waals surface area contributed by atoms with Gasteiger partial charge in [0.15, 0.2) is 0 Å². The molecule has 1 saturated heterocycles. The summed E-state index contributed by atoms with van der Waals surface area (Å²) in [5, 5.41) is 9.99. The number of likely N-dealkylation sites (N-methyl/N-ethyl adjacent to an activating group) is 1. The molecule has 0 bridgehead atoms. The summed E-state index contributed by atoms with van der Waals surface area (Å²) < 4.78 is 44.2. The van der Waals surface area contributed by atoms with Gasteiger partial charge in [0.25, 0.3) is 0 Å². The minimum absolute atomic E-state index is 0.00217. The molecule has 0 saturated carbocycles. The Morgan fingerprint density at radius 3 is 2.64 bits per heavy atom. The molecule has 3 aromatic rings. The van der Waals surface area contributed by atoms with Crippen LogP contribution in [0.2, 0.25) is 5.02 Å². The Kier molecular flexibility index (Phi) is 8.42. The molecule has 0 radical (unpaired) electrons. The molecule has 1 aliphatic rings. The van der Waals surface area contributed by atoms with Crippen LogP contribution < -0.4 is 14.5 Å². The maximum atomic E-state index is 14.0. The number of aromatic nitrogens is 1. The second-order valence-corrected chi connectivity index (χ2v) is 10.7. The summed E-state index contributed by atoms with van der Waals surface area (Å²) in [5.74, 6) is -0.218. The number of hydrogen-bond donors (Lipinski definition) is 1. The Hall–Kier alpha value is -3.30. The summed E-state index contributed by atoms with van der Waals surface area (Å²) >= 11 is 6.17. The van der Waals surface area contributed by atoms with Crippen molar-refractivity contribution in [1.29, 1.82) is 0 Å². The number of alkyl halides is 2. The molecule has 2 aromatic carbocycles. The van der Waals surface area contributed by atoms with Crippen LogP contribution in [0.3, 0.4) is 0 Å². The number of amides is 1. The van der Waals surface area contributed by atoms with Crippen molar-refractivity contribution in [3.63, 3.8) is 0 Å². The zero-order valence-electron chi connectivity index (χ0n) is 22.2. The average Bonchev–Trinajstić information content (AvgIpc) is 3.36. The number of halogens is 4. The Labute approximate surface area is 231 Å². The fourth-order valence-electron chi connectivity index (χ4n) is 5.08. The number of nitrogens with zero attached hydrogens (tertiary/aromatic N) is 3. The Morgan fingerprint density at radius 2 is 1.97 bits per heavy atom. The molecule has 1 aromatic heterocycles. The van der Waals surface area contributed by atoms with Crippen molar-refractivity contribution in [2.45, 2.75) is 51.7 Å². The lowest BCUT2D eigenvalue weighted by molar-refractivity contribution is -0.122. The van der Waals surface area contributed by atoms with Crippen LogP contribution in [0, 0.1) is 12.7 Å². The van der Waals surface area contributed by atoms with E-state index in [1.807, 2.05) is 11.0 Å². The van der Waals surface area contributed by atoms with Crippen molar-refractivity contribution < 1.29 is 27.8 Å². The van der Waals surface area contributed by atoms with Crippen molar-refractivity contribution >= 4 is 29.0 Å². The molecule has 1 N–H and O–H groups in total. The van der Waals surface area contributed by atoms with E-state index in [1.165, 1.54) is 29.2 Å². The first-order chi connectivity index (χ1) is 18.4. The molecule has 4 rings (SSSR count). The second kappa shape index (κ2) is 11.4. The highest BCUT2D eigenvalue weighted by Crippen LogP contribution is 2.39. The highest BCUT2D eigenvalue weighted by Gasteiger charge is 2.35. The van der Waals surface area contributed by atoms with Gasteiger partial charge >= 0.3 is 6.61 Å². The number of benzene rings is 2. The predicted octanol–water partition coefficient (Wildman–Crippen LogP) is 6.35. The lowest BCUT2D eigenvalue weighted by atomic mass is 9.82. The van der Waals surface area contributed by atoms with Crippen LogP contribution in [-0.2, 0) is 10.2 Å². The summed E-state index contributed by atoms with van der Waals surface area (Å²) in [5.41, 5.74) is 1.76. The highest BCUT2D eigenvalue weighted by molar-refractivity contribution is 6.30. The van der Waals surface area contributed by atoms with Crippen LogP contribution in [0.25, 0.3) is 11.1 Å². The smallest absolute Gasteiger partial charge is 0.387 e. The maximum Gasteiger partial charge on any atom is 0.387 e. The normalized spacial score (nSPS) is 15.6. The van der Waals surface area contributed by atoms with Crippen molar-refractivity contribution in [3.05, 3.63) is 70.6 Å². The number of carbonyl (C=O) groups is 1. The van der Waals surface area contributed by atoms with Crippen LogP contribution in [-0.4, -0.2) is 48.9 Å². The van der Waals surface area contributed by atoms with E-state index in [0.29, 0.717) is 28.2 Å². The van der Waals surface area contributed by atoms with E-state index in [2.05, 4.69) is 9.72 Å². The molecular weight excluding hydrogens is 531 g/mol. The molecule has 208 valence electrons. The quantitative estimate of drug-likeness (QED) is 0.347. The van der Waals surface area contributed by atoms with Gasteiger partial charge in [-0.05, 0) is 86.7 Å². The summed E-state index contributed by atoms with van der Waals surface area (Å²) in [4.78, 5) is 22.1. The van der Waals surface area contributed by atoms with E-state index in [9.17, 15) is 23.1 Å². The van der Waals surface area contributed by atoms with Crippen molar-refractivity contribution in [3.8, 4) is 16.9 Å². The molecule has 1 aliphatic heterocycles. The van der Waals surface area contributed by atoms with Gasteiger partial charge in [-0.2, -0.15) is 8.78 Å². The van der Waals surface area contributed by atoms with Crippen molar-refractivity contribution in [1.82, 2.24) is 4.98 Å². The minimum atomic E-state index is -3.04. The molecule has 10 heteroatoms. The topological polar surface area (TPSA) is 65.9 Å². The molecule has 0 aliphatic carbocycles. The first kappa shape index (κ1) is 28.7. The third-order valence-corrected chi connectivity index (χ3v) is 7.47. The fraction of sp³-hybridized carbons (Fsp3) is 0.379. The third kappa shape index (κ3) is 5.99. The number of aliphatic hydroxyl groups excluding tert-OH is 1. The largest absolute Gasteiger partial charge is 0.435 e. The molecule has 1 amide bonds.